The monoisotopic (exact) mass is 462 g/mol. The summed E-state index contributed by atoms with van der Waals surface area (Å²) in [5, 5.41) is -0.527. The molecule has 29 heavy (non-hydrogen) atoms. The Balaban J connectivity index is 0.00000210. The Kier molecular flexibility index (Phi) is 9.90. The average molecular weight is 462 g/mol. The van der Waals surface area contributed by atoms with Gasteiger partial charge in [-0.25, -0.2) is 0 Å². The van der Waals surface area contributed by atoms with E-state index in [1.165, 1.54) is 0 Å². The number of halogens is 3. The van der Waals surface area contributed by atoms with Gasteiger partial charge in [0.05, 0.1) is 5.75 Å². The van der Waals surface area contributed by atoms with Crippen molar-refractivity contribution in [1.82, 2.24) is 0 Å². The van der Waals surface area contributed by atoms with Crippen LogP contribution in [0.5, 0.6) is 0 Å². The minimum absolute atomic E-state index is 0. The van der Waals surface area contributed by atoms with Gasteiger partial charge >= 0.3 is 43.6 Å². The first-order valence-corrected chi connectivity index (χ1v) is 10.1. The number of phosphoric ester groups is 1. The number of hydrogen-bond donors (Lipinski definition) is 1. The molecule has 0 fully saturated rings. The predicted molar refractivity (Wildman–Crippen MR) is 102 cm³/mol. The van der Waals surface area contributed by atoms with E-state index in [2.05, 4.69) is 4.52 Å². The molecule has 0 aromatic heterocycles. The van der Waals surface area contributed by atoms with E-state index in [1.807, 2.05) is 4.90 Å². The minimum atomic E-state index is -5.32. The SMILES string of the molecule is CN1c2ccccc2C(=C(OP(=O)([O-])O)SCC(F)(F)F)c2ccccc21.[Na+].[Na]. The standard InChI is InChI=1S/C17H15F3NO4PS.2Na/c1-21-13-8-4-2-6-11(13)15(12-7-3-5-9-14(12)21)16(25-26(22,23)24)27-10-17(18,19)20;;/h2-9H,10H2,1H3,(H2,22,23,24);;/q;;+1/p-1. The van der Waals surface area contributed by atoms with Crippen molar-refractivity contribution in [3.05, 3.63) is 64.7 Å². The number of nitrogens with zero attached hydrogens (tertiary/aromatic N) is 1. The van der Waals surface area contributed by atoms with Crippen LogP contribution in [0.4, 0.5) is 24.5 Å². The van der Waals surface area contributed by atoms with Gasteiger partial charge in [-0.05, 0) is 12.1 Å². The van der Waals surface area contributed by atoms with Crippen molar-refractivity contribution in [2.75, 3.05) is 17.7 Å². The molecule has 12 heteroatoms. The van der Waals surface area contributed by atoms with Crippen molar-refractivity contribution < 1.29 is 61.6 Å². The first-order valence-electron chi connectivity index (χ1n) is 7.66. The van der Waals surface area contributed by atoms with Crippen LogP contribution in [0, 0.1) is 0 Å². The normalized spacial score (nSPS) is 14.6. The molecule has 1 aliphatic rings. The molecule has 1 unspecified atom stereocenters. The largest absolute Gasteiger partial charge is 1.00 e. The summed E-state index contributed by atoms with van der Waals surface area (Å²) in [5.41, 5.74) is 2.50. The first kappa shape index (κ1) is 27.1. The predicted octanol–water partition coefficient (Wildman–Crippen LogP) is 0.881. The van der Waals surface area contributed by atoms with Crippen LogP contribution in [-0.4, -0.2) is 53.4 Å². The third-order valence-corrected chi connectivity index (χ3v) is 5.40. The van der Waals surface area contributed by atoms with E-state index < -0.39 is 24.8 Å². The van der Waals surface area contributed by atoms with Crippen molar-refractivity contribution in [2.45, 2.75) is 6.18 Å². The second kappa shape index (κ2) is 10.6. The third kappa shape index (κ3) is 6.77. The number of phosphoric acid groups is 1. The van der Waals surface area contributed by atoms with E-state index in [4.69, 9.17) is 4.89 Å². The number of fused-ring (bicyclic) bond motifs is 2. The van der Waals surface area contributed by atoms with Crippen LogP contribution in [0.3, 0.4) is 0 Å². The van der Waals surface area contributed by atoms with Gasteiger partial charge in [-0.2, -0.15) is 13.2 Å². The summed E-state index contributed by atoms with van der Waals surface area (Å²) in [6.07, 6.45) is -4.55. The number of anilines is 2. The second-order valence-corrected chi connectivity index (χ2v) is 7.79. The molecule has 0 bridgehead atoms. The van der Waals surface area contributed by atoms with Gasteiger partial charge in [0.2, 0.25) is 0 Å². The molecule has 5 nitrogen and oxygen atoms in total. The quantitative estimate of drug-likeness (QED) is 0.414. The van der Waals surface area contributed by atoms with Gasteiger partial charge in [0, 0.05) is 64.7 Å². The molecule has 1 N–H and O–H groups in total. The molecular formula is C17H14F3NNa2O4PS. The summed E-state index contributed by atoms with van der Waals surface area (Å²) in [7, 11) is -3.53. The molecule has 0 saturated heterocycles. The molecule has 1 aliphatic heterocycles. The smallest absolute Gasteiger partial charge is 0.746 e. The van der Waals surface area contributed by atoms with E-state index in [0.717, 1.165) is 0 Å². The fourth-order valence-corrected chi connectivity index (χ4v) is 4.30. The van der Waals surface area contributed by atoms with Gasteiger partial charge < -0.3 is 19.2 Å². The Morgan fingerprint density at radius 1 is 1.14 bits per heavy atom. The van der Waals surface area contributed by atoms with Crippen molar-refractivity contribution in [3.63, 3.8) is 0 Å². The minimum Gasteiger partial charge on any atom is -0.746 e. The van der Waals surface area contributed by atoms with E-state index >= 15 is 0 Å². The van der Waals surface area contributed by atoms with Crippen molar-refractivity contribution >= 4 is 66.1 Å². The molecule has 0 spiro atoms. The van der Waals surface area contributed by atoms with Crippen LogP contribution in [0.15, 0.2) is 53.6 Å². The van der Waals surface area contributed by atoms with Gasteiger partial charge in [0.15, 0.2) is 5.09 Å². The summed E-state index contributed by atoms with van der Waals surface area (Å²) in [5.74, 6) is -1.37. The third-order valence-electron chi connectivity index (χ3n) is 3.84. The first-order chi connectivity index (χ1) is 12.6. The molecule has 2 aromatic carbocycles. The molecular weight excluding hydrogens is 448 g/mol. The van der Waals surface area contributed by atoms with E-state index in [1.54, 1.807) is 55.6 Å². The number of benzene rings is 2. The summed E-state index contributed by atoms with van der Waals surface area (Å²) >= 11 is 0.172. The van der Waals surface area contributed by atoms with Crippen LogP contribution < -0.4 is 39.4 Å². The number of hydrogen-bond acceptors (Lipinski definition) is 5. The summed E-state index contributed by atoms with van der Waals surface area (Å²) in [6.45, 7) is 0. The van der Waals surface area contributed by atoms with E-state index in [-0.39, 0.29) is 76.4 Å². The van der Waals surface area contributed by atoms with Gasteiger partial charge in [-0.1, -0.05) is 48.2 Å². The summed E-state index contributed by atoms with van der Waals surface area (Å²) < 4.78 is 54.2. The van der Waals surface area contributed by atoms with Crippen molar-refractivity contribution in [1.29, 1.82) is 0 Å². The van der Waals surface area contributed by atoms with Crippen LogP contribution >= 0.6 is 19.6 Å². The van der Waals surface area contributed by atoms with Gasteiger partial charge in [-0.15, -0.1) is 0 Å². The van der Waals surface area contributed by atoms with Gasteiger partial charge in [0.25, 0.3) is 0 Å². The topological polar surface area (TPSA) is 72.8 Å². The van der Waals surface area contributed by atoms with Crippen LogP contribution in [0.2, 0.25) is 0 Å². The molecule has 1 heterocycles. The Labute approximate surface area is 214 Å². The number of para-hydroxylation sites is 2. The number of thioether (sulfide) groups is 1. The van der Waals surface area contributed by atoms with Crippen molar-refractivity contribution in [2.24, 2.45) is 0 Å². The number of alkyl halides is 3. The fraction of sp³-hybridized carbons (Fsp3) is 0.176. The van der Waals surface area contributed by atoms with Crippen LogP contribution in [0.1, 0.15) is 11.1 Å². The zero-order chi connectivity index (χ0) is 19.8. The zero-order valence-electron chi connectivity index (χ0n) is 15.9. The summed E-state index contributed by atoms with van der Waals surface area (Å²) in [6, 6.07) is 13.7. The Morgan fingerprint density at radius 3 is 2.00 bits per heavy atom. The summed E-state index contributed by atoms with van der Waals surface area (Å²) in [4.78, 5) is 22.3. The van der Waals surface area contributed by atoms with Crippen molar-refractivity contribution in [3.8, 4) is 0 Å². The average Bonchev–Trinajstić information content (AvgIpc) is 2.58. The zero-order valence-corrected chi connectivity index (χ0v) is 21.6. The Morgan fingerprint density at radius 2 is 1.59 bits per heavy atom. The molecule has 0 amide bonds. The Hall–Kier alpha value is 0.0700. The molecule has 1 atom stereocenters. The Bertz CT molecular complexity index is 903. The second-order valence-electron chi connectivity index (χ2n) is 5.72. The maximum Gasteiger partial charge on any atom is 1.00 e. The molecule has 2 aromatic rings. The van der Waals surface area contributed by atoms with E-state index in [0.29, 0.717) is 22.5 Å². The van der Waals surface area contributed by atoms with Gasteiger partial charge in [-0.3, -0.25) is 4.57 Å². The number of rotatable bonds is 4. The van der Waals surface area contributed by atoms with Crippen LogP contribution in [0.25, 0.3) is 5.57 Å². The molecule has 1 radical (unpaired) electrons. The molecule has 145 valence electrons. The van der Waals surface area contributed by atoms with Crippen LogP contribution in [-0.2, 0) is 9.09 Å². The molecule has 3 rings (SSSR count). The fourth-order valence-electron chi connectivity index (χ4n) is 2.85. The maximum atomic E-state index is 12.8. The molecule has 0 aliphatic carbocycles. The van der Waals surface area contributed by atoms with Gasteiger partial charge in [0.1, 0.15) is 0 Å². The van der Waals surface area contributed by atoms with E-state index in [9.17, 15) is 22.6 Å². The molecule has 0 saturated carbocycles. The maximum absolute atomic E-state index is 12.8.